The largest absolute Gasteiger partial charge is 0.354 e. The lowest BCUT2D eigenvalue weighted by Crippen LogP contribution is -2.51. The standard InChI is InChI=1S/C24H38N4O.HI/c1-5-18(6-2)23(29)28-14-12-19(13-15-28)26-24(25-7-3)27-22-16-21(22)20-11-9-8-10-17(20)4;/h8-11,18-19,21-22H,5-7,12-16H2,1-4H3,(H2,25,26,27);1H. The Hall–Kier alpha value is -1.31. The van der Waals surface area contributed by atoms with Crippen molar-refractivity contribution in [3.8, 4) is 0 Å². The van der Waals surface area contributed by atoms with Gasteiger partial charge in [0.2, 0.25) is 5.91 Å². The first-order valence-electron chi connectivity index (χ1n) is 11.5. The fraction of sp³-hybridized carbons (Fsp3) is 0.667. The predicted molar refractivity (Wildman–Crippen MR) is 136 cm³/mol. The number of amides is 1. The molecule has 168 valence electrons. The number of aliphatic imine (C=N–C) groups is 1. The van der Waals surface area contributed by atoms with E-state index in [1.807, 2.05) is 0 Å². The summed E-state index contributed by atoms with van der Waals surface area (Å²) in [6.45, 7) is 11.0. The maximum Gasteiger partial charge on any atom is 0.225 e. The molecule has 1 aliphatic carbocycles. The molecule has 2 atom stereocenters. The fourth-order valence-electron chi connectivity index (χ4n) is 4.50. The van der Waals surface area contributed by atoms with E-state index in [1.54, 1.807) is 0 Å². The number of likely N-dealkylation sites (tertiary alicyclic amines) is 1. The molecule has 1 amide bonds. The van der Waals surface area contributed by atoms with Gasteiger partial charge in [0.15, 0.2) is 5.96 Å². The SMILES string of the molecule is CCN=C(NC1CCN(C(=O)C(CC)CC)CC1)NC1CC1c1ccccc1C.I. The molecule has 2 aliphatic rings. The number of piperidine rings is 1. The lowest BCUT2D eigenvalue weighted by atomic mass is 9.98. The van der Waals surface area contributed by atoms with Gasteiger partial charge < -0.3 is 15.5 Å². The molecule has 5 nitrogen and oxygen atoms in total. The number of carbonyl (C=O) groups is 1. The van der Waals surface area contributed by atoms with E-state index in [9.17, 15) is 4.79 Å². The smallest absolute Gasteiger partial charge is 0.225 e. The molecule has 3 rings (SSSR count). The number of nitrogens with zero attached hydrogens (tertiary/aromatic N) is 2. The Morgan fingerprint density at radius 3 is 2.40 bits per heavy atom. The monoisotopic (exact) mass is 526 g/mol. The van der Waals surface area contributed by atoms with Gasteiger partial charge >= 0.3 is 0 Å². The Morgan fingerprint density at radius 1 is 1.13 bits per heavy atom. The van der Waals surface area contributed by atoms with Crippen molar-refractivity contribution in [1.29, 1.82) is 0 Å². The van der Waals surface area contributed by atoms with Crippen LogP contribution < -0.4 is 10.6 Å². The zero-order valence-electron chi connectivity index (χ0n) is 19.0. The topological polar surface area (TPSA) is 56.7 Å². The molecule has 6 heteroatoms. The average Bonchev–Trinajstić information content (AvgIpc) is 3.48. The fourth-order valence-corrected chi connectivity index (χ4v) is 4.50. The highest BCUT2D eigenvalue weighted by Gasteiger charge is 2.40. The van der Waals surface area contributed by atoms with Crippen LogP contribution in [0.5, 0.6) is 0 Å². The molecule has 0 aromatic heterocycles. The number of benzene rings is 1. The first-order valence-corrected chi connectivity index (χ1v) is 11.5. The van der Waals surface area contributed by atoms with E-state index in [0.29, 0.717) is 23.9 Å². The van der Waals surface area contributed by atoms with Crippen LogP contribution in [0.1, 0.15) is 69.9 Å². The van der Waals surface area contributed by atoms with Crippen LogP contribution in [0, 0.1) is 12.8 Å². The summed E-state index contributed by atoms with van der Waals surface area (Å²) in [7, 11) is 0. The lowest BCUT2D eigenvalue weighted by Gasteiger charge is -2.35. The summed E-state index contributed by atoms with van der Waals surface area (Å²) in [5.74, 6) is 2.04. The molecule has 30 heavy (non-hydrogen) atoms. The molecule has 2 fully saturated rings. The molecular formula is C24H39IN4O. The molecule has 1 saturated carbocycles. The van der Waals surface area contributed by atoms with Gasteiger partial charge in [0.1, 0.15) is 0 Å². The summed E-state index contributed by atoms with van der Waals surface area (Å²) in [5.41, 5.74) is 2.83. The minimum Gasteiger partial charge on any atom is -0.354 e. The van der Waals surface area contributed by atoms with Gasteiger partial charge in [-0.05, 0) is 57.1 Å². The first-order chi connectivity index (χ1) is 14.1. The van der Waals surface area contributed by atoms with E-state index in [-0.39, 0.29) is 29.9 Å². The third kappa shape index (κ3) is 6.34. The second-order valence-corrected chi connectivity index (χ2v) is 8.53. The quantitative estimate of drug-likeness (QED) is 0.314. The van der Waals surface area contributed by atoms with Gasteiger partial charge in [0.25, 0.3) is 0 Å². The van der Waals surface area contributed by atoms with E-state index in [0.717, 1.165) is 57.7 Å². The minimum absolute atomic E-state index is 0. The number of hydrogen-bond acceptors (Lipinski definition) is 2. The highest BCUT2D eigenvalue weighted by Crippen LogP contribution is 2.42. The number of carbonyl (C=O) groups excluding carboxylic acids is 1. The number of aryl methyl sites for hydroxylation is 1. The van der Waals surface area contributed by atoms with Gasteiger partial charge in [-0.3, -0.25) is 9.79 Å². The number of rotatable bonds is 7. The molecule has 0 bridgehead atoms. The molecule has 1 aromatic carbocycles. The third-order valence-electron chi connectivity index (χ3n) is 6.50. The van der Waals surface area contributed by atoms with E-state index in [4.69, 9.17) is 0 Å². The Kier molecular flexibility index (Phi) is 9.91. The van der Waals surface area contributed by atoms with E-state index >= 15 is 0 Å². The van der Waals surface area contributed by atoms with Gasteiger partial charge in [-0.1, -0.05) is 38.1 Å². The molecule has 2 unspecified atom stereocenters. The highest BCUT2D eigenvalue weighted by molar-refractivity contribution is 14.0. The van der Waals surface area contributed by atoms with Gasteiger partial charge in [-0.25, -0.2) is 0 Å². The predicted octanol–water partition coefficient (Wildman–Crippen LogP) is 4.45. The Balaban J connectivity index is 0.00000320. The Morgan fingerprint density at radius 2 is 1.80 bits per heavy atom. The number of guanidine groups is 1. The normalized spacial score (nSPS) is 21.9. The maximum absolute atomic E-state index is 12.6. The summed E-state index contributed by atoms with van der Waals surface area (Å²) >= 11 is 0. The van der Waals surface area contributed by atoms with Gasteiger partial charge in [-0.2, -0.15) is 0 Å². The van der Waals surface area contributed by atoms with Crippen molar-refractivity contribution in [3.05, 3.63) is 35.4 Å². The van der Waals surface area contributed by atoms with Crippen molar-refractivity contribution in [1.82, 2.24) is 15.5 Å². The third-order valence-corrected chi connectivity index (χ3v) is 6.50. The molecule has 1 heterocycles. The molecule has 1 saturated heterocycles. The van der Waals surface area contributed by atoms with Crippen LogP contribution >= 0.6 is 24.0 Å². The van der Waals surface area contributed by atoms with Crippen molar-refractivity contribution < 1.29 is 4.79 Å². The van der Waals surface area contributed by atoms with Crippen molar-refractivity contribution >= 4 is 35.8 Å². The summed E-state index contributed by atoms with van der Waals surface area (Å²) in [6, 6.07) is 9.53. The molecule has 0 spiro atoms. The van der Waals surface area contributed by atoms with Crippen molar-refractivity contribution in [2.75, 3.05) is 19.6 Å². The van der Waals surface area contributed by atoms with Crippen LogP contribution in [0.25, 0.3) is 0 Å². The summed E-state index contributed by atoms with van der Waals surface area (Å²) in [6.07, 6.45) is 5.02. The summed E-state index contributed by atoms with van der Waals surface area (Å²) in [5, 5.41) is 7.28. The van der Waals surface area contributed by atoms with Gasteiger partial charge in [0, 0.05) is 43.6 Å². The van der Waals surface area contributed by atoms with Crippen LogP contribution in [0.3, 0.4) is 0 Å². The first kappa shape index (κ1) is 25.0. The zero-order chi connectivity index (χ0) is 20.8. The lowest BCUT2D eigenvalue weighted by molar-refractivity contribution is -0.136. The summed E-state index contributed by atoms with van der Waals surface area (Å²) in [4.78, 5) is 19.3. The number of nitrogens with one attached hydrogen (secondary N) is 2. The molecule has 1 aromatic rings. The van der Waals surface area contributed by atoms with Crippen molar-refractivity contribution in [2.24, 2.45) is 10.9 Å². The van der Waals surface area contributed by atoms with Crippen LogP contribution in [-0.4, -0.2) is 48.5 Å². The van der Waals surface area contributed by atoms with Crippen LogP contribution in [0.2, 0.25) is 0 Å². The molecule has 1 aliphatic heterocycles. The van der Waals surface area contributed by atoms with E-state index < -0.39 is 0 Å². The van der Waals surface area contributed by atoms with Crippen LogP contribution in [0.4, 0.5) is 0 Å². The van der Waals surface area contributed by atoms with Crippen LogP contribution in [-0.2, 0) is 4.79 Å². The van der Waals surface area contributed by atoms with E-state index in [2.05, 4.69) is 72.5 Å². The van der Waals surface area contributed by atoms with Gasteiger partial charge in [0.05, 0.1) is 0 Å². The highest BCUT2D eigenvalue weighted by atomic mass is 127. The molecular weight excluding hydrogens is 487 g/mol. The molecule has 0 radical (unpaired) electrons. The van der Waals surface area contributed by atoms with Gasteiger partial charge in [-0.15, -0.1) is 24.0 Å². The van der Waals surface area contributed by atoms with Crippen molar-refractivity contribution in [2.45, 2.75) is 77.8 Å². The number of hydrogen-bond donors (Lipinski definition) is 2. The van der Waals surface area contributed by atoms with Crippen LogP contribution in [0.15, 0.2) is 29.3 Å². The zero-order valence-corrected chi connectivity index (χ0v) is 21.3. The summed E-state index contributed by atoms with van der Waals surface area (Å²) < 4.78 is 0. The minimum atomic E-state index is 0. The second-order valence-electron chi connectivity index (χ2n) is 8.53. The average molecular weight is 527 g/mol. The second kappa shape index (κ2) is 11.9. The number of halogens is 1. The molecule has 2 N–H and O–H groups in total. The van der Waals surface area contributed by atoms with E-state index in [1.165, 1.54) is 11.1 Å². The maximum atomic E-state index is 12.6. The Labute approximate surface area is 199 Å². The van der Waals surface area contributed by atoms with Crippen molar-refractivity contribution in [3.63, 3.8) is 0 Å². The Bertz CT molecular complexity index is 711.